The third-order valence-electron chi connectivity index (χ3n) is 4.23. The second kappa shape index (κ2) is 9.77. The lowest BCUT2D eigenvalue weighted by atomic mass is 10.2. The van der Waals surface area contributed by atoms with Gasteiger partial charge in [-0.05, 0) is 6.92 Å². The van der Waals surface area contributed by atoms with E-state index in [2.05, 4.69) is 27.1 Å². The Morgan fingerprint density at radius 2 is 1.80 bits per heavy atom. The summed E-state index contributed by atoms with van der Waals surface area (Å²) in [5.74, 6) is 0.806. The Bertz CT molecular complexity index is 618. The van der Waals surface area contributed by atoms with Gasteiger partial charge in [-0.3, -0.25) is 14.6 Å². The number of nitriles is 2. The summed E-state index contributed by atoms with van der Waals surface area (Å²) in [5, 5.41) is 21.4. The molecule has 0 spiro atoms. The Morgan fingerprint density at radius 1 is 1.20 bits per heavy atom. The first-order chi connectivity index (χ1) is 12.1. The van der Waals surface area contributed by atoms with Gasteiger partial charge in [0, 0.05) is 51.9 Å². The third kappa shape index (κ3) is 6.18. The van der Waals surface area contributed by atoms with Crippen molar-refractivity contribution in [2.24, 2.45) is 0 Å². The largest absolute Gasteiger partial charge is 0.361 e. The number of carbonyl (C=O) groups is 1. The van der Waals surface area contributed by atoms with E-state index in [-0.39, 0.29) is 5.91 Å². The molecule has 0 radical (unpaired) electrons. The van der Waals surface area contributed by atoms with Crippen molar-refractivity contribution < 1.29 is 9.32 Å². The van der Waals surface area contributed by atoms with E-state index in [1.54, 1.807) is 4.90 Å². The molecule has 2 rings (SSSR count). The highest BCUT2D eigenvalue weighted by Crippen LogP contribution is 2.09. The quantitative estimate of drug-likeness (QED) is 0.686. The van der Waals surface area contributed by atoms with Crippen molar-refractivity contribution in [3.63, 3.8) is 0 Å². The van der Waals surface area contributed by atoms with Gasteiger partial charge in [-0.1, -0.05) is 5.16 Å². The summed E-state index contributed by atoms with van der Waals surface area (Å²) in [5.41, 5.74) is 0.932. The predicted molar refractivity (Wildman–Crippen MR) is 90.0 cm³/mol. The van der Waals surface area contributed by atoms with Crippen LogP contribution in [0.3, 0.4) is 0 Å². The molecule has 0 aliphatic carbocycles. The van der Waals surface area contributed by atoms with Gasteiger partial charge in [-0.15, -0.1) is 0 Å². The Balaban J connectivity index is 1.76. The molecule has 1 amide bonds. The summed E-state index contributed by atoms with van der Waals surface area (Å²) in [7, 11) is 0. The number of rotatable bonds is 8. The molecule has 0 aromatic carbocycles. The van der Waals surface area contributed by atoms with E-state index in [9.17, 15) is 4.79 Å². The van der Waals surface area contributed by atoms with Crippen molar-refractivity contribution >= 4 is 5.91 Å². The van der Waals surface area contributed by atoms with E-state index in [1.165, 1.54) is 0 Å². The van der Waals surface area contributed by atoms with Gasteiger partial charge in [-0.25, -0.2) is 0 Å². The van der Waals surface area contributed by atoms with Crippen molar-refractivity contribution in [1.29, 1.82) is 10.5 Å². The Morgan fingerprint density at radius 3 is 2.32 bits per heavy atom. The maximum atomic E-state index is 12.4. The van der Waals surface area contributed by atoms with Gasteiger partial charge < -0.3 is 9.42 Å². The Labute approximate surface area is 148 Å². The van der Waals surface area contributed by atoms with Crippen LogP contribution in [0, 0.1) is 29.6 Å². The van der Waals surface area contributed by atoms with Crippen LogP contribution in [-0.2, 0) is 11.3 Å². The molecule has 0 saturated carbocycles. The predicted octanol–water partition coefficient (Wildman–Crippen LogP) is 0.757. The summed E-state index contributed by atoms with van der Waals surface area (Å²) >= 11 is 0. The van der Waals surface area contributed by atoms with Crippen LogP contribution in [0.2, 0.25) is 0 Å². The van der Waals surface area contributed by atoms with Gasteiger partial charge in [0.2, 0.25) is 5.91 Å². The molecule has 1 fully saturated rings. The van der Waals surface area contributed by atoms with Crippen LogP contribution in [0.4, 0.5) is 0 Å². The molecular formula is C17H24N6O2. The second-order valence-electron chi connectivity index (χ2n) is 6.18. The summed E-state index contributed by atoms with van der Waals surface area (Å²) < 4.78 is 5.09. The van der Waals surface area contributed by atoms with Crippen molar-refractivity contribution in [3.05, 3.63) is 17.5 Å². The fourth-order valence-electron chi connectivity index (χ4n) is 2.85. The van der Waals surface area contributed by atoms with Crippen molar-refractivity contribution in [2.45, 2.75) is 26.3 Å². The molecule has 0 N–H and O–H groups in total. The van der Waals surface area contributed by atoms with E-state index >= 15 is 0 Å². The first-order valence-electron chi connectivity index (χ1n) is 8.51. The van der Waals surface area contributed by atoms with Crippen LogP contribution in [0.25, 0.3) is 0 Å². The van der Waals surface area contributed by atoms with Crippen molar-refractivity contribution in [3.8, 4) is 12.1 Å². The van der Waals surface area contributed by atoms with Crippen LogP contribution in [0.5, 0.6) is 0 Å². The van der Waals surface area contributed by atoms with Gasteiger partial charge in [0.05, 0.1) is 37.2 Å². The highest BCUT2D eigenvalue weighted by Gasteiger charge is 2.22. The lowest BCUT2D eigenvalue weighted by Gasteiger charge is -2.34. The zero-order chi connectivity index (χ0) is 18.1. The molecule has 1 aromatic rings. The minimum atomic E-state index is -0.00826. The van der Waals surface area contributed by atoms with Gasteiger partial charge in [0.25, 0.3) is 0 Å². The molecule has 134 valence electrons. The number of piperazine rings is 1. The summed E-state index contributed by atoms with van der Waals surface area (Å²) in [4.78, 5) is 18.5. The van der Waals surface area contributed by atoms with Crippen LogP contribution in [0.1, 0.15) is 24.3 Å². The van der Waals surface area contributed by atoms with Gasteiger partial charge in [0.1, 0.15) is 5.76 Å². The third-order valence-corrected chi connectivity index (χ3v) is 4.23. The first-order valence-corrected chi connectivity index (χ1v) is 8.51. The zero-order valence-electron chi connectivity index (χ0n) is 14.6. The fraction of sp³-hybridized carbons (Fsp3) is 0.647. The summed E-state index contributed by atoms with van der Waals surface area (Å²) in [6.45, 7) is 7.13. The zero-order valence-corrected chi connectivity index (χ0v) is 14.6. The molecule has 8 heteroatoms. The van der Waals surface area contributed by atoms with Crippen molar-refractivity contribution in [2.75, 3.05) is 45.8 Å². The summed E-state index contributed by atoms with van der Waals surface area (Å²) in [6, 6.07) is 6.05. The molecule has 1 aliphatic rings. The lowest BCUT2D eigenvalue weighted by Crippen LogP contribution is -2.50. The number of aryl methyl sites for hydroxylation is 1. The van der Waals surface area contributed by atoms with E-state index in [4.69, 9.17) is 15.0 Å². The first kappa shape index (κ1) is 18.9. The molecule has 0 atom stereocenters. The Hall–Kier alpha value is -2.42. The normalized spacial score (nSPS) is 15.5. The Kier molecular flexibility index (Phi) is 7.39. The highest BCUT2D eigenvalue weighted by molar-refractivity contribution is 5.78. The van der Waals surface area contributed by atoms with Gasteiger partial charge in [0.15, 0.2) is 0 Å². The molecule has 1 aromatic heterocycles. The van der Waals surface area contributed by atoms with E-state index in [0.717, 1.165) is 44.2 Å². The molecule has 25 heavy (non-hydrogen) atoms. The van der Waals surface area contributed by atoms with Crippen molar-refractivity contribution in [1.82, 2.24) is 19.9 Å². The smallest absolute Gasteiger partial charge is 0.236 e. The number of aromatic nitrogens is 1. The average molecular weight is 344 g/mol. The minimum absolute atomic E-state index is 0.00826. The second-order valence-corrected chi connectivity index (χ2v) is 6.18. The van der Waals surface area contributed by atoms with Gasteiger partial charge in [-0.2, -0.15) is 10.5 Å². The van der Waals surface area contributed by atoms with Crippen LogP contribution in [0.15, 0.2) is 10.6 Å². The molecular weight excluding hydrogens is 320 g/mol. The van der Waals surface area contributed by atoms with E-state index in [0.29, 0.717) is 32.5 Å². The van der Waals surface area contributed by atoms with Crippen LogP contribution < -0.4 is 0 Å². The molecule has 2 heterocycles. The number of amides is 1. The van der Waals surface area contributed by atoms with E-state index in [1.807, 2.05) is 13.0 Å². The lowest BCUT2D eigenvalue weighted by molar-refractivity contribution is -0.132. The monoisotopic (exact) mass is 344 g/mol. The number of carbonyl (C=O) groups excluding carboxylic acids is 1. The SMILES string of the molecule is Cc1cc(CN2CCN(CC(=O)N(CCC#N)CCC#N)CC2)no1. The molecule has 0 unspecified atom stereocenters. The molecule has 1 aliphatic heterocycles. The maximum absolute atomic E-state index is 12.4. The van der Waals surface area contributed by atoms with Crippen LogP contribution >= 0.6 is 0 Å². The average Bonchev–Trinajstić information content (AvgIpc) is 3.01. The number of hydrogen-bond donors (Lipinski definition) is 0. The van der Waals surface area contributed by atoms with Crippen LogP contribution in [-0.4, -0.2) is 71.6 Å². The fourth-order valence-corrected chi connectivity index (χ4v) is 2.85. The van der Waals surface area contributed by atoms with E-state index < -0.39 is 0 Å². The van der Waals surface area contributed by atoms with Gasteiger partial charge >= 0.3 is 0 Å². The molecule has 8 nitrogen and oxygen atoms in total. The number of nitrogens with zero attached hydrogens (tertiary/aromatic N) is 6. The topological polar surface area (TPSA) is 100 Å². The maximum Gasteiger partial charge on any atom is 0.236 e. The molecule has 1 saturated heterocycles. The highest BCUT2D eigenvalue weighted by atomic mass is 16.5. The summed E-state index contributed by atoms with van der Waals surface area (Å²) in [6.07, 6.45) is 0.587. The minimum Gasteiger partial charge on any atom is -0.361 e. The standard InChI is InChI=1S/C17H24N6O2/c1-15-12-16(20-25-15)13-21-8-10-22(11-9-21)14-17(24)23(6-2-4-18)7-3-5-19/h12H,2-3,6-11,13-14H2,1H3. The number of hydrogen-bond acceptors (Lipinski definition) is 7. The molecule has 0 bridgehead atoms.